The summed E-state index contributed by atoms with van der Waals surface area (Å²) in [7, 11) is 0. The molecule has 0 saturated heterocycles. The second-order valence-electron chi connectivity index (χ2n) is 3.83. The van der Waals surface area contributed by atoms with Crippen LogP contribution in [-0.2, 0) is 17.8 Å². The third kappa shape index (κ3) is 1.72. The normalized spacial score (nSPS) is 22.1. The fourth-order valence-electron chi connectivity index (χ4n) is 1.86. The first-order valence-corrected chi connectivity index (χ1v) is 4.92. The molecular formula is C9H13N3O3. The molecule has 15 heavy (non-hydrogen) atoms. The van der Waals surface area contributed by atoms with Gasteiger partial charge in [0, 0.05) is 13.0 Å². The second-order valence-corrected chi connectivity index (χ2v) is 3.83. The van der Waals surface area contributed by atoms with E-state index in [1.807, 2.05) is 0 Å². The van der Waals surface area contributed by atoms with Crippen LogP contribution in [0.15, 0.2) is 0 Å². The Bertz CT molecular complexity index is 386. The fourth-order valence-corrected chi connectivity index (χ4v) is 1.86. The van der Waals surface area contributed by atoms with Crippen molar-refractivity contribution in [2.24, 2.45) is 5.92 Å². The molecule has 6 nitrogen and oxygen atoms in total. The van der Waals surface area contributed by atoms with E-state index in [2.05, 4.69) is 10.2 Å². The highest BCUT2D eigenvalue weighted by molar-refractivity contribution is 5.70. The molecule has 0 amide bonds. The van der Waals surface area contributed by atoms with Gasteiger partial charge in [0.1, 0.15) is 11.9 Å². The van der Waals surface area contributed by atoms with Crippen molar-refractivity contribution < 1.29 is 15.0 Å². The monoisotopic (exact) mass is 211 g/mol. The van der Waals surface area contributed by atoms with Crippen LogP contribution in [0.3, 0.4) is 0 Å². The van der Waals surface area contributed by atoms with E-state index < -0.39 is 18.0 Å². The summed E-state index contributed by atoms with van der Waals surface area (Å²) < 4.78 is 1.72. The third-order valence-corrected chi connectivity index (χ3v) is 2.70. The minimum Gasteiger partial charge on any atom is -0.481 e. The lowest BCUT2D eigenvalue weighted by molar-refractivity contribution is -0.142. The van der Waals surface area contributed by atoms with Crippen LogP contribution in [0.5, 0.6) is 0 Å². The van der Waals surface area contributed by atoms with E-state index in [0.29, 0.717) is 25.2 Å². The molecule has 0 aliphatic carbocycles. The number of aryl methyl sites for hydroxylation is 1. The van der Waals surface area contributed by atoms with Crippen molar-refractivity contribution in [3.63, 3.8) is 0 Å². The summed E-state index contributed by atoms with van der Waals surface area (Å²) in [5.74, 6) is 0.0243. The van der Waals surface area contributed by atoms with Crippen molar-refractivity contribution in [1.82, 2.24) is 14.8 Å². The molecule has 0 radical (unpaired) electrons. The zero-order chi connectivity index (χ0) is 11.0. The summed E-state index contributed by atoms with van der Waals surface area (Å²) in [5.41, 5.74) is 0. The van der Waals surface area contributed by atoms with Crippen molar-refractivity contribution in [2.45, 2.75) is 32.4 Å². The topological polar surface area (TPSA) is 88.2 Å². The molecule has 0 spiro atoms. The van der Waals surface area contributed by atoms with Crippen LogP contribution in [0.25, 0.3) is 0 Å². The zero-order valence-corrected chi connectivity index (χ0v) is 8.42. The Balaban J connectivity index is 2.30. The summed E-state index contributed by atoms with van der Waals surface area (Å²) >= 11 is 0. The largest absolute Gasteiger partial charge is 0.481 e. The average molecular weight is 211 g/mol. The number of carboxylic acid groups (broad SMARTS) is 1. The van der Waals surface area contributed by atoms with E-state index in [0.717, 1.165) is 5.82 Å². The Morgan fingerprint density at radius 2 is 2.33 bits per heavy atom. The Hall–Kier alpha value is -1.43. The number of aliphatic carboxylic acids is 1. The minimum atomic E-state index is -0.800. The van der Waals surface area contributed by atoms with Crippen LogP contribution in [0, 0.1) is 5.92 Å². The predicted octanol–water partition coefficient (Wildman–Crippen LogP) is -0.0216. The lowest BCUT2D eigenvalue weighted by atomic mass is 9.99. The average Bonchev–Trinajstić information content (AvgIpc) is 2.59. The van der Waals surface area contributed by atoms with Gasteiger partial charge in [0.05, 0.1) is 5.92 Å². The number of aliphatic hydroxyl groups is 1. The molecule has 1 aliphatic heterocycles. The number of aromatic nitrogens is 3. The number of aliphatic hydroxyl groups excluding tert-OH is 1. The molecule has 0 bridgehead atoms. The number of fused-ring (bicyclic) bond motifs is 1. The summed E-state index contributed by atoms with van der Waals surface area (Å²) in [5, 5.41) is 26.1. The van der Waals surface area contributed by atoms with E-state index in [9.17, 15) is 9.90 Å². The molecule has 1 aliphatic rings. The van der Waals surface area contributed by atoms with Crippen LogP contribution in [0.4, 0.5) is 0 Å². The Kier molecular flexibility index (Phi) is 2.44. The molecule has 2 N–H and O–H groups in total. The molecule has 2 rings (SSSR count). The standard InChI is InChI=1S/C9H13N3O3/c1-5(13)8-11-10-7-3-2-6(9(14)15)4-12(7)8/h5-6,13H,2-4H2,1H3,(H,14,15). The molecule has 6 heteroatoms. The number of rotatable bonds is 2. The first-order valence-electron chi connectivity index (χ1n) is 4.92. The van der Waals surface area contributed by atoms with Gasteiger partial charge >= 0.3 is 5.97 Å². The van der Waals surface area contributed by atoms with Crippen LogP contribution >= 0.6 is 0 Å². The van der Waals surface area contributed by atoms with E-state index >= 15 is 0 Å². The Labute approximate surface area is 86.6 Å². The van der Waals surface area contributed by atoms with Gasteiger partial charge in [-0.05, 0) is 13.3 Å². The van der Waals surface area contributed by atoms with Gasteiger partial charge in [-0.1, -0.05) is 0 Å². The van der Waals surface area contributed by atoms with Crippen LogP contribution in [0.1, 0.15) is 31.1 Å². The first kappa shape index (κ1) is 10.1. The lowest BCUT2D eigenvalue weighted by Crippen LogP contribution is -2.28. The molecule has 0 aromatic carbocycles. The summed E-state index contributed by atoms with van der Waals surface area (Å²) in [6.45, 7) is 1.96. The van der Waals surface area contributed by atoms with Crippen LogP contribution < -0.4 is 0 Å². The number of hydrogen-bond acceptors (Lipinski definition) is 4. The maximum atomic E-state index is 10.9. The lowest BCUT2D eigenvalue weighted by Gasteiger charge is -2.21. The van der Waals surface area contributed by atoms with E-state index in [1.165, 1.54) is 0 Å². The summed E-state index contributed by atoms with van der Waals surface area (Å²) in [6, 6.07) is 0. The van der Waals surface area contributed by atoms with Crippen molar-refractivity contribution in [3.8, 4) is 0 Å². The van der Waals surface area contributed by atoms with Crippen molar-refractivity contribution in [3.05, 3.63) is 11.6 Å². The van der Waals surface area contributed by atoms with Gasteiger partial charge in [-0.3, -0.25) is 4.79 Å². The smallest absolute Gasteiger partial charge is 0.308 e. The molecule has 2 unspecified atom stereocenters. The van der Waals surface area contributed by atoms with Gasteiger partial charge in [-0.15, -0.1) is 10.2 Å². The van der Waals surface area contributed by atoms with Gasteiger partial charge in [-0.25, -0.2) is 0 Å². The Morgan fingerprint density at radius 1 is 1.60 bits per heavy atom. The maximum absolute atomic E-state index is 10.9. The zero-order valence-electron chi connectivity index (χ0n) is 8.42. The molecule has 2 heterocycles. The molecule has 0 saturated carbocycles. The highest BCUT2D eigenvalue weighted by atomic mass is 16.4. The van der Waals surface area contributed by atoms with Gasteiger partial charge < -0.3 is 14.8 Å². The molecular weight excluding hydrogens is 198 g/mol. The predicted molar refractivity (Wildman–Crippen MR) is 50.1 cm³/mol. The van der Waals surface area contributed by atoms with Gasteiger partial charge in [0.15, 0.2) is 5.82 Å². The maximum Gasteiger partial charge on any atom is 0.308 e. The highest BCUT2D eigenvalue weighted by Crippen LogP contribution is 2.22. The SMILES string of the molecule is CC(O)c1nnc2n1CC(C(=O)O)CC2. The number of nitrogens with zero attached hydrogens (tertiary/aromatic N) is 3. The van der Waals surface area contributed by atoms with E-state index in [1.54, 1.807) is 11.5 Å². The quantitative estimate of drug-likeness (QED) is 0.717. The fraction of sp³-hybridized carbons (Fsp3) is 0.667. The van der Waals surface area contributed by atoms with Crippen molar-refractivity contribution in [1.29, 1.82) is 0 Å². The molecule has 1 aromatic heterocycles. The van der Waals surface area contributed by atoms with Crippen LogP contribution in [-0.4, -0.2) is 30.9 Å². The molecule has 2 atom stereocenters. The summed E-state index contributed by atoms with van der Waals surface area (Å²) in [6.07, 6.45) is 0.489. The third-order valence-electron chi connectivity index (χ3n) is 2.70. The Morgan fingerprint density at radius 3 is 2.93 bits per heavy atom. The molecule has 1 aromatic rings. The highest BCUT2D eigenvalue weighted by Gasteiger charge is 2.28. The molecule has 82 valence electrons. The summed E-state index contributed by atoms with van der Waals surface area (Å²) in [4.78, 5) is 10.9. The number of carboxylic acids is 1. The van der Waals surface area contributed by atoms with Gasteiger partial charge in [0.25, 0.3) is 0 Å². The van der Waals surface area contributed by atoms with Gasteiger partial charge in [-0.2, -0.15) is 0 Å². The second kappa shape index (κ2) is 3.62. The van der Waals surface area contributed by atoms with Crippen molar-refractivity contribution >= 4 is 5.97 Å². The van der Waals surface area contributed by atoms with Crippen LogP contribution in [0.2, 0.25) is 0 Å². The van der Waals surface area contributed by atoms with E-state index in [4.69, 9.17) is 5.11 Å². The first-order chi connectivity index (χ1) is 7.09. The number of hydrogen-bond donors (Lipinski definition) is 2. The number of carbonyl (C=O) groups is 1. The minimum absolute atomic E-state index is 0.359. The van der Waals surface area contributed by atoms with E-state index in [-0.39, 0.29) is 0 Å². The molecule has 0 fully saturated rings. The van der Waals surface area contributed by atoms with Crippen molar-refractivity contribution in [2.75, 3.05) is 0 Å². The van der Waals surface area contributed by atoms with Gasteiger partial charge in [0.2, 0.25) is 0 Å².